The molecule has 0 rings (SSSR count). The molecule has 0 spiro atoms. The Morgan fingerprint density at radius 3 is 2.15 bits per heavy atom. The van der Waals surface area contributed by atoms with Gasteiger partial charge in [-0.05, 0) is 25.3 Å². The zero-order valence-corrected chi connectivity index (χ0v) is 7.65. The van der Waals surface area contributed by atoms with Crippen LogP contribution in [0.2, 0.25) is 0 Å². The van der Waals surface area contributed by atoms with Gasteiger partial charge in [-0.25, -0.2) is 0 Å². The number of rotatable bonds is 2. The van der Waals surface area contributed by atoms with Gasteiger partial charge in [-0.15, -0.1) is 0 Å². The van der Waals surface area contributed by atoms with Crippen LogP contribution in [0.15, 0.2) is 35.0 Å². The molecule has 0 fully saturated rings. The van der Waals surface area contributed by atoms with E-state index < -0.39 is 11.7 Å². The van der Waals surface area contributed by atoms with Crippen LogP contribution in [0.4, 0.5) is 13.2 Å². The molecule has 0 atom stereocenters. The Hall–Kier alpha value is -0.900. The van der Waals surface area contributed by atoms with E-state index in [-0.39, 0.29) is 5.03 Å². The van der Waals surface area contributed by atoms with E-state index in [1.165, 1.54) is 6.08 Å². The summed E-state index contributed by atoms with van der Waals surface area (Å²) in [5.41, 5.74) is 3.91. The van der Waals surface area contributed by atoms with Gasteiger partial charge in [-0.3, -0.25) is 0 Å². The molecule has 0 aliphatic heterocycles. The van der Waals surface area contributed by atoms with E-state index in [0.717, 1.165) is 18.4 Å². The third-order valence-electron chi connectivity index (χ3n) is 1.14. The lowest BCUT2D eigenvalue weighted by atomic mass is 10.2. The lowest BCUT2D eigenvalue weighted by molar-refractivity contribution is -0.0884. The van der Waals surface area contributed by atoms with Crippen LogP contribution in [0.5, 0.6) is 0 Å². The molecular weight excluding hydrogens is 203 g/mol. The number of hydrogen-bond acceptors (Lipinski definition) is 1. The second-order valence-corrected chi connectivity index (χ2v) is 2.53. The van der Waals surface area contributed by atoms with E-state index in [0.29, 0.717) is 0 Å². The summed E-state index contributed by atoms with van der Waals surface area (Å²) in [6.07, 6.45) is -0.383. The summed E-state index contributed by atoms with van der Waals surface area (Å²) >= 11 is 5.38. The lowest BCUT2D eigenvalue weighted by Gasteiger charge is -2.07. The Kier molecular flexibility index (Phi) is 4.62. The number of nitrogens with two attached hydrogens (primary N) is 1. The van der Waals surface area contributed by atoms with Crippen LogP contribution < -0.4 is 5.73 Å². The third-order valence-corrected chi connectivity index (χ3v) is 1.47. The maximum atomic E-state index is 12.2. The molecule has 0 bridgehead atoms. The highest BCUT2D eigenvalue weighted by Gasteiger charge is 2.33. The van der Waals surface area contributed by atoms with Gasteiger partial charge in [0.15, 0.2) is 0 Å². The predicted octanol–water partition coefficient (Wildman–Crippen LogP) is 3.09. The summed E-state index contributed by atoms with van der Waals surface area (Å²) in [4.78, 5) is 0. The van der Waals surface area contributed by atoms with Crippen LogP contribution in [0.25, 0.3) is 0 Å². The summed E-state index contributed by atoms with van der Waals surface area (Å²) in [5, 5.41) is -0.378. The molecule has 0 aliphatic rings. The quantitative estimate of drug-likeness (QED) is 0.698. The van der Waals surface area contributed by atoms with Crippen molar-refractivity contribution in [2.75, 3.05) is 0 Å². The van der Waals surface area contributed by atoms with E-state index in [2.05, 4.69) is 0 Å². The van der Waals surface area contributed by atoms with Crippen molar-refractivity contribution in [3.63, 3.8) is 0 Å². The zero-order valence-electron chi connectivity index (χ0n) is 6.90. The van der Waals surface area contributed by atoms with Crippen molar-refractivity contribution in [1.82, 2.24) is 0 Å². The molecule has 0 aliphatic carbocycles. The van der Waals surface area contributed by atoms with Gasteiger partial charge in [0.05, 0.1) is 10.6 Å². The Bertz CT molecular complexity index is 251. The second kappa shape index (κ2) is 4.97. The molecule has 0 saturated heterocycles. The standard InChI is InChI=1S/C8H9ClF3N/c1-2-3-7(9)6(4-5-13)8(10,11)12/h2-5H,13H2,1H3/b3-2-,5-4+,7-6-. The fourth-order valence-corrected chi connectivity index (χ4v) is 0.938. The van der Waals surface area contributed by atoms with Gasteiger partial charge in [0.2, 0.25) is 0 Å². The van der Waals surface area contributed by atoms with Crippen molar-refractivity contribution in [1.29, 1.82) is 0 Å². The molecule has 0 saturated carbocycles. The van der Waals surface area contributed by atoms with Gasteiger partial charge < -0.3 is 5.73 Å². The molecule has 2 N–H and O–H groups in total. The van der Waals surface area contributed by atoms with Gasteiger partial charge in [0.25, 0.3) is 0 Å². The number of allylic oxidation sites excluding steroid dienone is 5. The van der Waals surface area contributed by atoms with Gasteiger partial charge in [-0.2, -0.15) is 13.2 Å². The molecule has 0 unspecified atom stereocenters. The van der Waals surface area contributed by atoms with Crippen LogP contribution in [0.1, 0.15) is 6.92 Å². The fraction of sp³-hybridized carbons (Fsp3) is 0.250. The fourth-order valence-electron chi connectivity index (χ4n) is 0.642. The normalized spacial score (nSPS) is 15.5. The van der Waals surface area contributed by atoms with Crippen LogP contribution in [-0.4, -0.2) is 6.18 Å². The monoisotopic (exact) mass is 211 g/mol. The van der Waals surface area contributed by atoms with Crippen LogP contribution in [0, 0.1) is 0 Å². The molecule has 0 aromatic rings. The highest BCUT2D eigenvalue weighted by atomic mass is 35.5. The van der Waals surface area contributed by atoms with Crippen molar-refractivity contribution in [2.45, 2.75) is 13.1 Å². The molecular formula is C8H9ClF3N. The average molecular weight is 212 g/mol. The Morgan fingerprint density at radius 2 is 1.85 bits per heavy atom. The molecule has 5 heteroatoms. The number of halogens is 4. The number of alkyl halides is 3. The van der Waals surface area contributed by atoms with E-state index in [9.17, 15) is 13.2 Å². The predicted molar refractivity (Wildman–Crippen MR) is 47.1 cm³/mol. The van der Waals surface area contributed by atoms with Crippen LogP contribution >= 0.6 is 11.6 Å². The van der Waals surface area contributed by atoms with Crippen LogP contribution in [0.3, 0.4) is 0 Å². The SMILES string of the molecule is C\C=C/C(Cl)=C(\C=C\N)C(F)(F)F. The average Bonchev–Trinajstić information content (AvgIpc) is 1.98. The molecule has 0 heterocycles. The highest BCUT2D eigenvalue weighted by Crippen LogP contribution is 2.31. The summed E-state index contributed by atoms with van der Waals surface area (Å²) in [5.74, 6) is 0. The zero-order chi connectivity index (χ0) is 10.5. The summed E-state index contributed by atoms with van der Waals surface area (Å²) in [6, 6.07) is 0. The Labute approximate surface area is 79.4 Å². The maximum Gasteiger partial charge on any atom is 0.417 e. The summed E-state index contributed by atoms with van der Waals surface area (Å²) < 4.78 is 36.6. The van der Waals surface area contributed by atoms with Crippen molar-refractivity contribution in [3.05, 3.63) is 35.0 Å². The van der Waals surface area contributed by atoms with E-state index >= 15 is 0 Å². The van der Waals surface area contributed by atoms with Gasteiger partial charge in [0, 0.05) is 0 Å². The highest BCUT2D eigenvalue weighted by molar-refractivity contribution is 6.31. The Morgan fingerprint density at radius 1 is 1.31 bits per heavy atom. The molecule has 74 valence electrons. The maximum absolute atomic E-state index is 12.2. The molecule has 0 amide bonds. The van der Waals surface area contributed by atoms with E-state index in [1.54, 1.807) is 6.92 Å². The topological polar surface area (TPSA) is 26.0 Å². The first kappa shape index (κ1) is 12.1. The van der Waals surface area contributed by atoms with Gasteiger partial charge in [0.1, 0.15) is 0 Å². The largest absolute Gasteiger partial charge is 0.417 e. The van der Waals surface area contributed by atoms with Gasteiger partial charge >= 0.3 is 6.18 Å². The van der Waals surface area contributed by atoms with Gasteiger partial charge in [-0.1, -0.05) is 17.7 Å². The molecule has 1 nitrogen and oxygen atoms in total. The molecule has 0 aromatic carbocycles. The van der Waals surface area contributed by atoms with E-state index in [4.69, 9.17) is 17.3 Å². The van der Waals surface area contributed by atoms with Crippen molar-refractivity contribution >= 4 is 11.6 Å². The summed E-state index contributed by atoms with van der Waals surface area (Å²) in [6.45, 7) is 1.57. The molecule has 0 aromatic heterocycles. The Balaban J connectivity index is 5.12. The smallest absolute Gasteiger partial charge is 0.405 e. The first-order valence-electron chi connectivity index (χ1n) is 3.41. The molecule has 13 heavy (non-hydrogen) atoms. The van der Waals surface area contributed by atoms with Crippen molar-refractivity contribution in [3.8, 4) is 0 Å². The lowest BCUT2D eigenvalue weighted by Crippen LogP contribution is -2.11. The minimum Gasteiger partial charge on any atom is -0.405 e. The first-order chi connectivity index (χ1) is 5.93. The second-order valence-electron chi connectivity index (χ2n) is 2.12. The minimum atomic E-state index is -4.48. The third kappa shape index (κ3) is 4.03. The first-order valence-corrected chi connectivity index (χ1v) is 3.79. The van der Waals surface area contributed by atoms with E-state index in [1.807, 2.05) is 0 Å². The van der Waals surface area contributed by atoms with Crippen molar-refractivity contribution < 1.29 is 13.2 Å². The molecule has 0 radical (unpaired) electrons. The number of hydrogen-bond donors (Lipinski definition) is 1. The summed E-state index contributed by atoms with van der Waals surface area (Å²) in [7, 11) is 0. The van der Waals surface area contributed by atoms with Crippen molar-refractivity contribution in [2.24, 2.45) is 5.73 Å². The van der Waals surface area contributed by atoms with Crippen LogP contribution in [-0.2, 0) is 0 Å². The minimum absolute atomic E-state index is 0.378.